The number of hydrogen-bond acceptors (Lipinski definition) is 3. The van der Waals surface area contributed by atoms with E-state index < -0.39 is 0 Å². The van der Waals surface area contributed by atoms with Crippen molar-refractivity contribution in [2.24, 2.45) is 5.73 Å². The number of benzene rings is 1. The molecule has 0 fully saturated rings. The second-order valence-corrected chi connectivity index (χ2v) is 4.05. The Labute approximate surface area is 99.8 Å². The van der Waals surface area contributed by atoms with Crippen molar-refractivity contribution in [1.29, 1.82) is 0 Å². The van der Waals surface area contributed by atoms with Gasteiger partial charge in [-0.15, -0.1) is 0 Å². The SMILES string of the molecule is CC(=O)COc1ccc2[nH]cc(CCN)c2c1. The molecule has 0 unspecified atom stereocenters. The van der Waals surface area contributed by atoms with Gasteiger partial charge in [0, 0.05) is 17.1 Å². The monoisotopic (exact) mass is 232 g/mol. The zero-order chi connectivity index (χ0) is 12.3. The molecule has 1 aromatic carbocycles. The number of carbonyl (C=O) groups is 1. The van der Waals surface area contributed by atoms with E-state index in [0.717, 1.165) is 17.3 Å². The van der Waals surface area contributed by atoms with Gasteiger partial charge in [0.2, 0.25) is 0 Å². The first-order valence-electron chi connectivity index (χ1n) is 5.63. The molecule has 0 radical (unpaired) electrons. The van der Waals surface area contributed by atoms with Gasteiger partial charge in [0.15, 0.2) is 5.78 Å². The van der Waals surface area contributed by atoms with E-state index in [9.17, 15) is 4.79 Å². The molecule has 0 saturated heterocycles. The number of nitrogens with one attached hydrogen (secondary N) is 1. The van der Waals surface area contributed by atoms with Gasteiger partial charge in [-0.3, -0.25) is 4.79 Å². The Kier molecular flexibility index (Phi) is 3.44. The fourth-order valence-electron chi connectivity index (χ4n) is 1.79. The van der Waals surface area contributed by atoms with Crippen molar-refractivity contribution in [1.82, 2.24) is 4.98 Å². The predicted octanol–water partition coefficient (Wildman–Crippen LogP) is 1.64. The van der Waals surface area contributed by atoms with Crippen LogP contribution in [0.5, 0.6) is 5.75 Å². The summed E-state index contributed by atoms with van der Waals surface area (Å²) in [5.74, 6) is 0.729. The maximum absolute atomic E-state index is 10.9. The highest BCUT2D eigenvalue weighted by atomic mass is 16.5. The molecule has 2 rings (SSSR count). The molecule has 4 nitrogen and oxygen atoms in total. The molecule has 90 valence electrons. The number of hydrogen-bond donors (Lipinski definition) is 2. The summed E-state index contributed by atoms with van der Waals surface area (Å²) in [5.41, 5.74) is 7.79. The lowest BCUT2D eigenvalue weighted by Crippen LogP contribution is -2.06. The molecular formula is C13H16N2O2. The van der Waals surface area contributed by atoms with Crippen LogP contribution in [0.1, 0.15) is 12.5 Å². The molecule has 2 aromatic rings. The number of rotatable bonds is 5. The van der Waals surface area contributed by atoms with E-state index in [0.29, 0.717) is 12.3 Å². The lowest BCUT2D eigenvalue weighted by atomic mass is 10.1. The van der Waals surface area contributed by atoms with Gasteiger partial charge in [0.1, 0.15) is 12.4 Å². The third-order valence-electron chi connectivity index (χ3n) is 2.59. The van der Waals surface area contributed by atoms with Crippen molar-refractivity contribution in [2.45, 2.75) is 13.3 Å². The second kappa shape index (κ2) is 5.01. The molecule has 4 heteroatoms. The summed E-state index contributed by atoms with van der Waals surface area (Å²) in [6.45, 7) is 2.24. The third kappa shape index (κ3) is 2.65. The number of fused-ring (bicyclic) bond motifs is 1. The summed E-state index contributed by atoms with van der Waals surface area (Å²) in [5, 5.41) is 1.11. The highest BCUT2D eigenvalue weighted by Gasteiger charge is 2.05. The van der Waals surface area contributed by atoms with Gasteiger partial charge in [-0.2, -0.15) is 0 Å². The van der Waals surface area contributed by atoms with E-state index in [2.05, 4.69) is 4.98 Å². The molecule has 0 aliphatic rings. The normalized spacial score (nSPS) is 10.7. The number of aromatic amines is 1. The van der Waals surface area contributed by atoms with E-state index >= 15 is 0 Å². The van der Waals surface area contributed by atoms with Crippen LogP contribution < -0.4 is 10.5 Å². The number of carbonyl (C=O) groups excluding carboxylic acids is 1. The second-order valence-electron chi connectivity index (χ2n) is 4.05. The van der Waals surface area contributed by atoms with Gasteiger partial charge >= 0.3 is 0 Å². The average molecular weight is 232 g/mol. The van der Waals surface area contributed by atoms with Crippen LogP contribution in [0.2, 0.25) is 0 Å². The van der Waals surface area contributed by atoms with Crippen LogP contribution in [0.15, 0.2) is 24.4 Å². The minimum atomic E-state index is 0.0151. The van der Waals surface area contributed by atoms with Crippen LogP contribution in [0, 0.1) is 0 Å². The van der Waals surface area contributed by atoms with Gasteiger partial charge in [0.25, 0.3) is 0 Å². The summed E-state index contributed by atoms with van der Waals surface area (Å²) >= 11 is 0. The molecule has 0 aliphatic carbocycles. The fourth-order valence-corrected chi connectivity index (χ4v) is 1.79. The lowest BCUT2D eigenvalue weighted by molar-refractivity contribution is -0.118. The Morgan fingerprint density at radius 3 is 3.00 bits per heavy atom. The summed E-state index contributed by atoms with van der Waals surface area (Å²) in [7, 11) is 0. The topological polar surface area (TPSA) is 68.1 Å². The van der Waals surface area contributed by atoms with Crippen LogP contribution in [-0.2, 0) is 11.2 Å². The Bertz CT molecular complexity index is 531. The zero-order valence-electron chi connectivity index (χ0n) is 9.82. The van der Waals surface area contributed by atoms with Crippen molar-refractivity contribution in [3.63, 3.8) is 0 Å². The minimum Gasteiger partial charge on any atom is -0.486 e. The highest BCUT2D eigenvalue weighted by molar-refractivity contribution is 5.85. The quantitative estimate of drug-likeness (QED) is 0.823. The zero-order valence-corrected chi connectivity index (χ0v) is 9.82. The summed E-state index contributed by atoms with van der Waals surface area (Å²) in [6, 6.07) is 5.75. The van der Waals surface area contributed by atoms with E-state index in [1.807, 2.05) is 24.4 Å². The van der Waals surface area contributed by atoms with Gasteiger partial charge in [-0.1, -0.05) is 0 Å². The van der Waals surface area contributed by atoms with E-state index in [1.165, 1.54) is 12.5 Å². The lowest BCUT2D eigenvalue weighted by Gasteiger charge is -2.04. The molecular weight excluding hydrogens is 216 g/mol. The maximum atomic E-state index is 10.9. The van der Waals surface area contributed by atoms with Crippen LogP contribution in [0.4, 0.5) is 0 Å². The summed E-state index contributed by atoms with van der Waals surface area (Å²) < 4.78 is 5.38. The molecule has 0 atom stereocenters. The maximum Gasteiger partial charge on any atom is 0.167 e. The Balaban J connectivity index is 2.27. The molecule has 17 heavy (non-hydrogen) atoms. The smallest absolute Gasteiger partial charge is 0.167 e. The van der Waals surface area contributed by atoms with Gasteiger partial charge in [-0.05, 0) is 43.7 Å². The molecule has 0 saturated carbocycles. The first-order chi connectivity index (χ1) is 8.20. The molecule has 1 heterocycles. The number of ether oxygens (including phenoxy) is 1. The molecule has 3 N–H and O–H groups in total. The van der Waals surface area contributed by atoms with Gasteiger partial charge in [-0.25, -0.2) is 0 Å². The summed E-state index contributed by atoms with van der Waals surface area (Å²) in [4.78, 5) is 14.0. The number of H-pyrrole nitrogens is 1. The van der Waals surface area contributed by atoms with Crippen molar-refractivity contribution in [2.75, 3.05) is 13.2 Å². The molecule has 0 aliphatic heterocycles. The fraction of sp³-hybridized carbons (Fsp3) is 0.308. The first-order valence-corrected chi connectivity index (χ1v) is 5.63. The number of aromatic nitrogens is 1. The first kappa shape index (κ1) is 11.7. The number of nitrogens with two attached hydrogens (primary N) is 1. The molecule has 1 aromatic heterocycles. The Morgan fingerprint density at radius 1 is 1.47 bits per heavy atom. The van der Waals surface area contributed by atoms with Crippen LogP contribution in [0.25, 0.3) is 10.9 Å². The van der Waals surface area contributed by atoms with Gasteiger partial charge in [0.05, 0.1) is 0 Å². The van der Waals surface area contributed by atoms with Crippen molar-refractivity contribution in [3.05, 3.63) is 30.0 Å². The molecule has 0 bridgehead atoms. The van der Waals surface area contributed by atoms with Crippen molar-refractivity contribution in [3.8, 4) is 5.75 Å². The summed E-state index contributed by atoms with van der Waals surface area (Å²) in [6.07, 6.45) is 2.79. The van der Waals surface area contributed by atoms with E-state index in [4.69, 9.17) is 10.5 Å². The number of ketones is 1. The molecule has 0 amide bonds. The standard InChI is InChI=1S/C13H16N2O2/c1-9(16)8-17-11-2-3-13-12(6-11)10(4-5-14)7-15-13/h2-3,6-7,15H,4-5,8,14H2,1H3. The van der Waals surface area contributed by atoms with Crippen molar-refractivity contribution < 1.29 is 9.53 Å². The van der Waals surface area contributed by atoms with Crippen LogP contribution >= 0.6 is 0 Å². The van der Waals surface area contributed by atoms with Crippen LogP contribution in [0.3, 0.4) is 0 Å². The average Bonchev–Trinajstić information content (AvgIpc) is 2.70. The highest BCUT2D eigenvalue weighted by Crippen LogP contribution is 2.23. The van der Waals surface area contributed by atoms with E-state index in [-0.39, 0.29) is 12.4 Å². The van der Waals surface area contributed by atoms with Crippen molar-refractivity contribution >= 4 is 16.7 Å². The number of Topliss-reactive ketones (excluding diaryl/α,β-unsaturated/α-hetero) is 1. The predicted molar refractivity (Wildman–Crippen MR) is 67.2 cm³/mol. The Hall–Kier alpha value is -1.81. The molecule has 0 spiro atoms. The van der Waals surface area contributed by atoms with Crippen LogP contribution in [-0.4, -0.2) is 23.9 Å². The largest absolute Gasteiger partial charge is 0.486 e. The van der Waals surface area contributed by atoms with E-state index in [1.54, 1.807) is 0 Å². The third-order valence-corrected chi connectivity index (χ3v) is 2.59. The minimum absolute atomic E-state index is 0.0151. The van der Waals surface area contributed by atoms with Gasteiger partial charge < -0.3 is 15.5 Å². The Morgan fingerprint density at radius 2 is 2.29 bits per heavy atom.